The van der Waals surface area contributed by atoms with Crippen LogP contribution in [-0.2, 0) is 4.79 Å². The maximum Gasteiger partial charge on any atom is 0.352 e. The first-order chi connectivity index (χ1) is 4.51. The first kappa shape index (κ1) is 7.94. The van der Waals surface area contributed by atoms with Crippen molar-refractivity contribution in [1.82, 2.24) is 5.32 Å². The highest BCUT2D eigenvalue weighted by Gasteiger charge is 2.29. The molecule has 2 N–H and O–H groups in total. The van der Waals surface area contributed by atoms with Crippen LogP contribution >= 0.6 is 27.7 Å². The topological polar surface area (TPSA) is 49.3 Å². The molecule has 1 aliphatic heterocycles. The van der Waals surface area contributed by atoms with Crippen molar-refractivity contribution in [2.45, 2.75) is 10.7 Å². The molecular formula is C5H6BrNO2S. The molecule has 0 saturated carbocycles. The maximum absolute atomic E-state index is 10.3. The van der Waals surface area contributed by atoms with Crippen LogP contribution in [0.1, 0.15) is 6.92 Å². The van der Waals surface area contributed by atoms with E-state index in [1.54, 1.807) is 5.41 Å². The predicted molar refractivity (Wildman–Crippen MR) is 43.8 cm³/mol. The zero-order valence-corrected chi connectivity index (χ0v) is 7.62. The summed E-state index contributed by atoms with van der Waals surface area (Å²) in [6, 6.07) is 0. The zero-order valence-electron chi connectivity index (χ0n) is 5.22. The van der Waals surface area contributed by atoms with E-state index in [4.69, 9.17) is 5.11 Å². The molecular weight excluding hydrogens is 218 g/mol. The summed E-state index contributed by atoms with van der Waals surface area (Å²) in [5.74, 6) is -0.921. The highest BCUT2D eigenvalue weighted by molar-refractivity contribution is 9.11. The number of carboxylic acid groups (broad SMARTS) is 1. The number of thioether (sulfide) groups is 1. The Morgan fingerprint density at radius 2 is 2.60 bits per heavy atom. The van der Waals surface area contributed by atoms with Crippen LogP contribution < -0.4 is 5.32 Å². The average Bonchev–Trinajstić information content (AvgIpc) is 2.10. The second-order valence-electron chi connectivity index (χ2n) is 2.00. The van der Waals surface area contributed by atoms with E-state index in [9.17, 15) is 4.79 Å². The monoisotopic (exact) mass is 223 g/mol. The molecule has 1 rings (SSSR count). The highest BCUT2D eigenvalue weighted by atomic mass is 79.9. The van der Waals surface area contributed by atoms with Gasteiger partial charge in [0.1, 0.15) is 9.48 Å². The smallest absolute Gasteiger partial charge is 0.352 e. The molecule has 0 fully saturated rings. The number of nitrogens with one attached hydrogen (secondary N) is 1. The van der Waals surface area contributed by atoms with E-state index in [0.717, 1.165) is 0 Å². The van der Waals surface area contributed by atoms with E-state index >= 15 is 0 Å². The van der Waals surface area contributed by atoms with Crippen molar-refractivity contribution in [2.75, 3.05) is 0 Å². The summed E-state index contributed by atoms with van der Waals surface area (Å²) < 4.78 is -0.347. The van der Waals surface area contributed by atoms with Crippen LogP contribution in [0.3, 0.4) is 0 Å². The largest absolute Gasteiger partial charge is 0.477 e. The molecule has 0 amide bonds. The Bertz CT molecular complexity index is 202. The van der Waals surface area contributed by atoms with E-state index in [1.807, 2.05) is 6.92 Å². The van der Waals surface area contributed by atoms with Crippen LogP contribution in [0, 0.1) is 0 Å². The molecule has 0 saturated heterocycles. The Morgan fingerprint density at radius 1 is 2.00 bits per heavy atom. The molecule has 3 nitrogen and oxygen atoms in total. The van der Waals surface area contributed by atoms with Gasteiger partial charge in [0.25, 0.3) is 0 Å². The Morgan fingerprint density at radius 3 is 2.80 bits per heavy atom. The van der Waals surface area contributed by atoms with Gasteiger partial charge in [0.2, 0.25) is 0 Å². The van der Waals surface area contributed by atoms with E-state index < -0.39 is 5.97 Å². The fourth-order valence-electron chi connectivity index (χ4n) is 0.573. The van der Waals surface area contributed by atoms with Crippen molar-refractivity contribution in [2.24, 2.45) is 0 Å². The Balaban J connectivity index is 2.64. The summed E-state index contributed by atoms with van der Waals surface area (Å²) in [7, 11) is 0. The minimum atomic E-state index is -0.921. The number of carboxylic acids is 1. The number of carbonyl (C=O) groups is 1. The Kier molecular flexibility index (Phi) is 1.96. The lowest BCUT2D eigenvalue weighted by molar-refractivity contribution is -0.133. The van der Waals surface area contributed by atoms with Crippen molar-refractivity contribution in [1.29, 1.82) is 0 Å². The van der Waals surface area contributed by atoms with Crippen molar-refractivity contribution >= 4 is 33.7 Å². The molecule has 0 aromatic rings. The third-order valence-corrected chi connectivity index (χ3v) is 2.64. The average molecular weight is 224 g/mol. The molecule has 1 atom stereocenters. The van der Waals surface area contributed by atoms with Gasteiger partial charge in [0, 0.05) is 5.41 Å². The van der Waals surface area contributed by atoms with Crippen molar-refractivity contribution in [3.8, 4) is 0 Å². The van der Waals surface area contributed by atoms with Gasteiger partial charge in [-0.1, -0.05) is 11.8 Å². The van der Waals surface area contributed by atoms with Gasteiger partial charge in [-0.05, 0) is 22.9 Å². The third kappa shape index (κ3) is 1.67. The Labute approximate surface area is 71.0 Å². The second kappa shape index (κ2) is 2.47. The van der Waals surface area contributed by atoms with Gasteiger partial charge in [0.05, 0.1) is 0 Å². The SMILES string of the molecule is CC1(Br)NC(C(=O)O)=CS1. The molecule has 0 aromatic carbocycles. The lowest BCUT2D eigenvalue weighted by Gasteiger charge is -2.15. The summed E-state index contributed by atoms with van der Waals surface area (Å²) in [5, 5.41) is 12.8. The van der Waals surface area contributed by atoms with Gasteiger partial charge in [-0.3, -0.25) is 0 Å². The van der Waals surface area contributed by atoms with Gasteiger partial charge in [-0.2, -0.15) is 0 Å². The van der Waals surface area contributed by atoms with Gasteiger partial charge in [-0.25, -0.2) is 4.79 Å². The molecule has 0 bridgehead atoms. The Hall–Kier alpha value is -0.160. The lowest BCUT2D eigenvalue weighted by atomic mass is 10.5. The van der Waals surface area contributed by atoms with E-state index in [0.29, 0.717) is 0 Å². The zero-order chi connectivity index (χ0) is 7.78. The summed E-state index contributed by atoms with van der Waals surface area (Å²) in [6.07, 6.45) is 0. The van der Waals surface area contributed by atoms with Crippen molar-refractivity contribution < 1.29 is 9.90 Å². The predicted octanol–water partition coefficient (Wildman–Crippen LogP) is 1.32. The summed E-state index contributed by atoms with van der Waals surface area (Å²) in [6.45, 7) is 1.85. The molecule has 5 heteroatoms. The van der Waals surface area contributed by atoms with Crippen LogP contribution in [0.15, 0.2) is 11.1 Å². The van der Waals surface area contributed by atoms with Crippen LogP contribution in [0.4, 0.5) is 0 Å². The van der Waals surface area contributed by atoms with Gasteiger partial charge >= 0.3 is 5.97 Å². The third-order valence-electron chi connectivity index (χ3n) is 0.986. The van der Waals surface area contributed by atoms with Gasteiger partial charge in [0.15, 0.2) is 0 Å². The number of hydrogen-bond donors (Lipinski definition) is 2. The molecule has 10 heavy (non-hydrogen) atoms. The molecule has 1 unspecified atom stereocenters. The van der Waals surface area contributed by atoms with Crippen LogP contribution in [0.2, 0.25) is 0 Å². The highest BCUT2D eigenvalue weighted by Crippen LogP contribution is 2.36. The van der Waals surface area contributed by atoms with E-state index in [-0.39, 0.29) is 9.48 Å². The number of alkyl halides is 1. The number of aliphatic carboxylic acids is 1. The summed E-state index contributed by atoms with van der Waals surface area (Å²) >= 11 is 4.69. The lowest BCUT2D eigenvalue weighted by Crippen LogP contribution is -2.29. The number of rotatable bonds is 1. The minimum absolute atomic E-state index is 0.240. The van der Waals surface area contributed by atoms with Crippen LogP contribution in [0.25, 0.3) is 0 Å². The second-order valence-corrected chi connectivity index (χ2v) is 5.40. The molecule has 1 heterocycles. The number of hydrogen-bond acceptors (Lipinski definition) is 3. The molecule has 1 aliphatic rings. The van der Waals surface area contributed by atoms with E-state index in [2.05, 4.69) is 21.2 Å². The summed E-state index contributed by atoms with van der Waals surface area (Å²) in [4.78, 5) is 10.3. The fraction of sp³-hybridized carbons (Fsp3) is 0.400. The van der Waals surface area contributed by atoms with Crippen molar-refractivity contribution in [3.63, 3.8) is 0 Å². The molecule has 56 valence electrons. The maximum atomic E-state index is 10.3. The fourth-order valence-corrected chi connectivity index (χ4v) is 1.73. The first-order valence-corrected chi connectivity index (χ1v) is 4.27. The normalized spacial score (nSPS) is 31.2. The van der Waals surface area contributed by atoms with Crippen LogP contribution in [0.5, 0.6) is 0 Å². The van der Waals surface area contributed by atoms with Crippen molar-refractivity contribution in [3.05, 3.63) is 11.1 Å². The first-order valence-electron chi connectivity index (χ1n) is 2.60. The molecule has 0 aromatic heterocycles. The van der Waals surface area contributed by atoms with Gasteiger partial charge in [-0.15, -0.1) is 0 Å². The van der Waals surface area contributed by atoms with Gasteiger partial charge < -0.3 is 10.4 Å². The minimum Gasteiger partial charge on any atom is -0.477 e. The molecule has 0 spiro atoms. The summed E-state index contributed by atoms with van der Waals surface area (Å²) in [5.41, 5.74) is 0.240. The quantitative estimate of drug-likeness (QED) is 0.521. The number of halogens is 1. The molecule has 0 radical (unpaired) electrons. The van der Waals surface area contributed by atoms with Crippen LogP contribution in [-0.4, -0.2) is 14.9 Å². The standard InChI is InChI=1S/C5H6BrNO2S/c1-5(6)7-3(2-10-5)4(8)9/h2,7H,1H3,(H,8,9). The molecule has 0 aliphatic carbocycles. The van der Waals surface area contributed by atoms with E-state index in [1.165, 1.54) is 11.8 Å².